The third kappa shape index (κ3) is 3.73. The number of carbonyl (C=O) groups is 1. The quantitative estimate of drug-likeness (QED) is 0.814. The van der Waals surface area contributed by atoms with Crippen LogP contribution in [-0.4, -0.2) is 24.3 Å². The lowest BCUT2D eigenvalue weighted by molar-refractivity contribution is -0.155. The van der Waals surface area contributed by atoms with Crippen LogP contribution in [0.1, 0.15) is 39.7 Å². The maximum Gasteiger partial charge on any atom is 0.311 e. The van der Waals surface area contributed by atoms with Gasteiger partial charge in [-0.2, -0.15) is 0 Å². The Balaban J connectivity index is 2.99. The lowest BCUT2D eigenvalue weighted by atomic mass is 9.81. The Hall–Kier alpha value is -1.55. The summed E-state index contributed by atoms with van der Waals surface area (Å²) in [5.74, 6) is -0.255. The van der Waals surface area contributed by atoms with Crippen LogP contribution < -0.4 is 4.74 Å². The number of benzene rings is 1. The zero-order valence-electron chi connectivity index (χ0n) is 12.8. The molecule has 0 aromatic heterocycles. The van der Waals surface area contributed by atoms with E-state index in [1.165, 1.54) is 7.11 Å². The first-order chi connectivity index (χ1) is 9.32. The summed E-state index contributed by atoms with van der Waals surface area (Å²) in [6, 6.07) is 7.16. The average Bonchev–Trinajstić information content (AvgIpc) is 2.38. The Labute approximate surface area is 120 Å². The highest BCUT2D eigenvalue weighted by atomic mass is 16.5. The molecule has 1 rings (SSSR count). The fourth-order valence-electron chi connectivity index (χ4n) is 2.28. The van der Waals surface area contributed by atoms with E-state index in [1.54, 1.807) is 31.2 Å². The second kappa shape index (κ2) is 6.75. The van der Waals surface area contributed by atoms with Crippen molar-refractivity contribution in [3.63, 3.8) is 0 Å². The van der Waals surface area contributed by atoms with E-state index in [9.17, 15) is 9.90 Å². The number of hydrogen-bond donors (Lipinski definition) is 1. The summed E-state index contributed by atoms with van der Waals surface area (Å²) < 4.78 is 10.3. The first-order valence-electron chi connectivity index (χ1n) is 6.90. The van der Waals surface area contributed by atoms with Gasteiger partial charge in [0.1, 0.15) is 11.4 Å². The van der Waals surface area contributed by atoms with Gasteiger partial charge in [-0.05, 0) is 44.9 Å². The molecule has 0 saturated heterocycles. The highest BCUT2D eigenvalue weighted by Gasteiger charge is 2.38. The summed E-state index contributed by atoms with van der Waals surface area (Å²) >= 11 is 0. The van der Waals surface area contributed by atoms with Gasteiger partial charge in [-0.15, -0.1) is 0 Å². The van der Waals surface area contributed by atoms with E-state index < -0.39 is 17.5 Å². The maximum atomic E-state index is 11.8. The molecule has 0 spiro atoms. The van der Waals surface area contributed by atoms with Gasteiger partial charge in [0.05, 0.1) is 19.1 Å². The topological polar surface area (TPSA) is 55.8 Å². The van der Waals surface area contributed by atoms with Gasteiger partial charge in [0.15, 0.2) is 0 Å². The molecule has 0 aliphatic rings. The molecule has 0 heterocycles. The molecule has 0 saturated carbocycles. The smallest absolute Gasteiger partial charge is 0.311 e. The van der Waals surface area contributed by atoms with Crippen LogP contribution in [0.25, 0.3) is 0 Å². The largest absolute Gasteiger partial charge is 0.491 e. The third-order valence-corrected chi connectivity index (χ3v) is 3.38. The predicted octanol–water partition coefficient (Wildman–Crippen LogP) is 2.88. The van der Waals surface area contributed by atoms with Gasteiger partial charge in [-0.25, -0.2) is 0 Å². The van der Waals surface area contributed by atoms with Crippen LogP contribution >= 0.6 is 0 Å². The first-order valence-corrected chi connectivity index (χ1v) is 6.90. The highest BCUT2D eigenvalue weighted by Crippen LogP contribution is 2.33. The Morgan fingerprint density at radius 2 is 1.85 bits per heavy atom. The molecule has 0 aliphatic heterocycles. The summed E-state index contributed by atoms with van der Waals surface area (Å²) in [7, 11) is 1.33. The summed E-state index contributed by atoms with van der Waals surface area (Å²) in [5.41, 5.74) is -0.594. The SMILES string of the molecule is CCC(C(=O)OC)C(C)(O)c1ccc(OC(C)C)cc1. The lowest BCUT2D eigenvalue weighted by Gasteiger charge is -2.31. The van der Waals surface area contributed by atoms with E-state index in [1.807, 2.05) is 20.8 Å². The Morgan fingerprint density at radius 1 is 1.30 bits per heavy atom. The number of rotatable bonds is 6. The molecule has 0 amide bonds. The Bertz CT molecular complexity index is 434. The van der Waals surface area contributed by atoms with Crippen LogP contribution in [0, 0.1) is 5.92 Å². The highest BCUT2D eigenvalue weighted by molar-refractivity contribution is 5.74. The van der Waals surface area contributed by atoms with Gasteiger partial charge >= 0.3 is 5.97 Å². The average molecular weight is 280 g/mol. The van der Waals surface area contributed by atoms with Gasteiger partial charge in [-0.1, -0.05) is 19.1 Å². The van der Waals surface area contributed by atoms with Crippen LogP contribution in [0.4, 0.5) is 0 Å². The Morgan fingerprint density at radius 3 is 2.25 bits per heavy atom. The fourth-order valence-corrected chi connectivity index (χ4v) is 2.28. The minimum atomic E-state index is -1.27. The predicted molar refractivity (Wildman–Crippen MR) is 77.6 cm³/mol. The van der Waals surface area contributed by atoms with Crippen LogP contribution in [0.2, 0.25) is 0 Å². The number of aliphatic hydroxyl groups is 1. The van der Waals surface area contributed by atoms with Crippen molar-refractivity contribution in [1.29, 1.82) is 0 Å². The van der Waals surface area contributed by atoms with Crippen LogP contribution in [0.3, 0.4) is 0 Å². The molecule has 4 nitrogen and oxygen atoms in total. The second-order valence-electron chi connectivity index (χ2n) is 5.32. The van der Waals surface area contributed by atoms with Gasteiger partial charge in [0.25, 0.3) is 0 Å². The molecule has 0 fully saturated rings. The molecule has 20 heavy (non-hydrogen) atoms. The monoisotopic (exact) mass is 280 g/mol. The van der Waals surface area contributed by atoms with E-state index in [4.69, 9.17) is 9.47 Å². The van der Waals surface area contributed by atoms with Crippen LogP contribution in [0.5, 0.6) is 5.75 Å². The van der Waals surface area contributed by atoms with Crippen molar-refractivity contribution in [2.45, 2.75) is 45.8 Å². The van der Waals surface area contributed by atoms with E-state index in [-0.39, 0.29) is 6.10 Å². The van der Waals surface area contributed by atoms with Crippen LogP contribution in [0.15, 0.2) is 24.3 Å². The molecule has 0 aliphatic carbocycles. The minimum Gasteiger partial charge on any atom is -0.491 e. The first kappa shape index (κ1) is 16.5. The molecular formula is C16H24O4. The van der Waals surface area contributed by atoms with Crippen molar-refractivity contribution in [3.8, 4) is 5.75 Å². The minimum absolute atomic E-state index is 0.0971. The molecule has 1 N–H and O–H groups in total. The molecular weight excluding hydrogens is 256 g/mol. The molecule has 1 aromatic rings. The normalized spacial score (nSPS) is 15.6. The standard InChI is InChI=1S/C16H24O4/c1-6-14(15(17)19-5)16(4,18)12-7-9-13(10-8-12)20-11(2)3/h7-11,14,18H,6H2,1-5H3. The number of carbonyl (C=O) groups excluding carboxylic acids is 1. The van der Waals surface area contributed by atoms with Gasteiger partial charge in [0, 0.05) is 0 Å². The molecule has 4 heteroatoms. The number of ether oxygens (including phenoxy) is 2. The van der Waals surface area contributed by atoms with E-state index >= 15 is 0 Å². The third-order valence-electron chi connectivity index (χ3n) is 3.38. The molecule has 112 valence electrons. The molecule has 1 aromatic carbocycles. The van der Waals surface area contributed by atoms with Crippen molar-refractivity contribution in [3.05, 3.63) is 29.8 Å². The van der Waals surface area contributed by atoms with E-state index in [0.29, 0.717) is 12.0 Å². The van der Waals surface area contributed by atoms with Crippen LogP contribution in [-0.2, 0) is 15.1 Å². The maximum absolute atomic E-state index is 11.8. The molecule has 0 bridgehead atoms. The molecule has 2 unspecified atom stereocenters. The second-order valence-corrected chi connectivity index (χ2v) is 5.32. The van der Waals surface area contributed by atoms with Crippen molar-refractivity contribution in [2.75, 3.05) is 7.11 Å². The zero-order chi connectivity index (χ0) is 15.3. The molecule has 2 atom stereocenters. The Kier molecular flexibility index (Phi) is 5.57. The van der Waals surface area contributed by atoms with Crippen molar-refractivity contribution < 1.29 is 19.4 Å². The van der Waals surface area contributed by atoms with Crippen molar-refractivity contribution >= 4 is 5.97 Å². The van der Waals surface area contributed by atoms with Gasteiger partial charge in [-0.3, -0.25) is 4.79 Å². The summed E-state index contributed by atoms with van der Waals surface area (Å²) in [6.07, 6.45) is 0.601. The van der Waals surface area contributed by atoms with Crippen molar-refractivity contribution in [1.82, 2.24) is 0 Å². The van der Waals surface area contributed by atoms with Gasteiger partial charge in [0.2, 0.25) is 0 Å². The zero-order valence-corrected chi connectivity index (χ0v) is 12.8. The summed E-state index contributed by atoms with van der Waals surface area (Å²) in [5, 5.41) is 10.7. The summed E-state index contributed by atoms with van der Waals surface area (Å²) in [6.45, 7) is 7.39. The number of hydrogen-bond acceptors (Lipinski definition) is 4. The number of esters is 1. The van der Waals surface area contributed by atoms with Crippen molar-refractivity contribution in [2.24, 2.45) is 5.92 Å². The molecule has 0 radical (unpaired) electrons. The summed E-state index contributed by atoms with van der Waals surface area (Å²) in [4.78, 5) is 11.8. The van der Waals surface area contributed by atoms with E-state index in [0.717, 1.165) is 5.75 Å². The van der Waals surface area contributed by atoms with Gasteiger partial charge < -0.3 is 14.6 Å². The lowest BCUT2D eigenvalue weighted by Crippen LogP contribution is -2.37. The van der Waals surface area contributed by atoms with E-state index in [2.05, 4.69) is 0 Å². The fraction of sp³-hybridized carbons (Fsp3) is 0.562. The number of methoxy groups -OCH3 is 1.